The minimum Gasteiger partial charge on any atom is -0.477 e. The normalized spacial score (nSPS) is 10.6. The first-order valence-electron chi connectivity index (χ1n) is 13.2. The van der Waals surface area contributed by atoms with Crippen molar-refractivity contribution in [1.29, 1.82) is 0 Å². The van der Waals surface area contributed by atoms with E-state index < -0.39 is 16.2 Å². The zero-order chi connectivity index (χ0) is 32.1. The Bertz CT molecular complexity index is 1820. The van der Waals surface area contributed by atoms with Gasteiger partial charge in [0.2, 0.25) is 0 Å². The molecule has 0 spiro atoms. The maximum Gasteiger partial charge on any atom is 1.00 e. The Labute approximate surface area is 278 Å². The number of rotatable bonds is 3. The number of hydrogen-bond acceptors (Lipinski definition) is 10. The second-order valence-electron chi connectivity index (χ2n) is 9.10. The number of carboxylic acid groups (broad SMARTS) is 1. The van der Waals surface area contributed by atoms with Gasteiger partial charge in [-0.15, -0.1) is 10.2 Å². The zero-order valence-electron chi connectivity index (χ0n) is 23.9. The van der Waals surface area contributed by atoms with Crippen LogP contribution < -0.4 is 18.6 Å². The van der Waals surface area contributed by atoms with E-state index in [0.717, 1.165) is 55.4 Å². The number of carbonyl (C=O) groups is 1. The summed E-state index contributed by atoms with van der Waals surface area (Å²) in [7, 11) is -4.94. The van der Waals surface area contributed by atoms with Crippen LogP contribution in [0.2, 0.25) is 0 Å². The zero-order valence-corrected chi connectivity index (χ0v) is 26.4. The third-order valence-electron chi connectivity index (χ3n) is 6.01. The van der Waals surface area contributed by atoms with Gasteiger partial charge in [-0.3, -0.25) is 24.9 Å². The molecule has 7 aromatic rings. The molecule has 1 radical (unpaired) electrons. The van der Waals surface area contributed by atoms with E-state index in [9.17, 15) is 4.79 Å². The number of halogens is 1. The Kier molecular flexibility index (Phi) is 13.7. The van der Waals surface area contributed by atoms with Crippen LogP contribution in [-0.4, -0.2) is 37.2 Å². The molecule has 0 saturated carbocycles. The van der Waals surface area contributed by atoms with Crippen molar-refractivity contribution in [2.24, 2.45) is 4.99 Å². The summed E-state index contributed by atoms with van der Waals surface area (Å²) in [5.74, 6) is -1.01. The number of aliphatic carboxylic acids is 1. The van der Waals surface area contributed by atoms with E-state index in [1.807, 2.05) is 54.6 Å². The Morgan fingerprint density at radius 3 is 1.22 bits per heavy atom. The topological polar surface area (TPSA) is 193 Å². The smallest absolute Gasteiger partial charge is 0.477 e. The molecule has 233 valence electrons. The first kappa shape index (κ1) is 35.7. The standard InChI is InChI=1S/2C12H8N2.C9H9NO2.ClHO4.Ru/c2*1-3-9-5-6-10-4-2-8-14-12(10)11(9)13-7-1;11-9(12)7-10-6-8-4-2-1-3-5-8;2-1(3,4)5;/h2*1-8H;1-5,7H,6H2,(H,11,12);(H,2,3,4,5);/q;;;;+1/p-1. The summed E-state index contributed by atoms with van der Waals surface area (Å²) >= 11 is 0. The van der Waals surface area contributed by atoms with Crippen LogP contribution in [0.1, 0.15) is 5.56 Å². The van der Waals surface area contributed by atoms with Crippen LogP contribution in [-0.2, 0) is 30.8 Å². The first-order valence-corrected chi connectivity index (χ1v) is 14.5. The Hall–Kier alpha value is -4.81. The van der Waals surface area contributed by atoms with Crippen molar-refractivity contribution in [1.82, 2.24) is 19.9 Å². The van der Waals surface area contributed by atoms with Gasteiger partial charge in [-0.2, -0.15) is 0 Å². The molecule has 4 aromatic heterocycles. The Balaban J connectivity index is 0.000000174. The molecule has 0 aliphatic heterocycles. The maximum absolute atomic E-state index is 10.0. The number of pyridine rings is 4. The van der Waals surface area contributed by atoms with E-state index in [-0.39, 0.29) is 19.5 Å². The molecule has 3 aromatic carbocycles. The molecule has 0 saturated heterocycles. The Morgan fingerprint density at radius 1 is 0.587 bits per heavy atom. The molecule has 13 heteroatoms. The number of benzene rings is 3. The van der Waals surface area contributed by atoms with Crippen molar-refractivity contribution in [3.63, 3.8) is 0 Å². The molecule has 46 heavy (non-hydrogen) atoms. The van der Waals surface area contributed by atoms with Gasteiger partial charge in [0.1, 0.15) is 6.21 Å². The minimum absolute atomic E-state index is 0. The average Bonchev–Trinajstić information content (AvgIpc) is 3.05. The summed E-state index contributed by atoms with van der Waals surface area (Å²) in [6, 6.07) is 33.8. The molecule has 0 bridgehead atoms. The summed E-state index contributed by atoms with van der Waals surface area (Å²) in [6.45, 7) is 0.424. The summed E-state index contributed by atoms with van der Waals surface area (Å²) in [4.78, 5) is 31.1. The van der Waals surface area contributed by atoms with E-state index in [1.54, 1.807) is 24.8 Å². The van der Waals surface area contributed by atoms with Crippen LogP contribution in [0.4, 0.5) is 0 Å². The van der Waals surface area contributed by atoms with Gasteiger partial charge in [0, 0.05) is 46.3 Å². The predicted octanol–water partition coefficient (Wildman–Crippen LogP) is 2.15. The molecular weight excluding hydrogens is 699 g/mol. The molecule has 0 unspecified atom stereocenters. The van der Waals surface area contributed by atoms with Crippen LogP contribution in [0.25, 0.3) is 43.6 Å². The van der Waals surface area contributed by atoms with Crippen molar-refractivity contribution in [2.45, 2.75) is 6.54 Å². The number of carboxylic acids is 1. The molecule has 0 aliphatic carbocycles. The van der Waals surface area contributed by atoms with Crippen LogP contribution in [0, 0.1) is 10.2 Å². The van der Waals surface area contributed by atoms with Gasteiger partial charge >= 0.3 is 25.4 Å². The SMILES string of the molecule is O=C(O)C=NCc1ccccc1.[O-][Cl+3]([O-])([O-])[O-].[Ru+].c1cnc2c(c1)ccc1cccnc12.c1cnc2c(c1)ccc1cccnc12. The largest absolute Gasteiger partial charge is 1.00 e. The summed E-state index contributed by atoms with van der Waals surface area (Å²) in [6.07, 6.45) is 8.12. The van der Waals surface area contributed by atoms with Crippen molar-refractivity contribution < 1.29 is 58.3 Å². The second kappa shape index (κ2) is 17.6. The van der Waals surface area contributed by atoms with E-state index in [2.05, 4.69) is 73.5 Å². The fourth-order valence-corrected chi connectivity index (χ4v) is 4.17. The first-order chi connectivity index (χ1) is 21.7. The van der Waals surface area contributed by atoms with Gasteiger partial charge in [-0.25, -0.2) is 23.4 Å². The van der Waals surface area contributed by atoms with E-state index >= 15 is 0 Å². The van der Waals surface area contributed by atoms with E-state index in [1.165, 1.54) is 0 Å². The van der Waals surface area contributed by atoms with Gasteiger partial charge in [0.05, 0.1) is 28.6 Å². The second-order valence-corrected chi connectivity index (χ2v) is 9.86. The molecule has 0 amide bonds. The van der Waals surface area contributed by atoms with Gasteiger partial charge in [0.25, 0.3) is 0 Å². The van der Waals surface area contributed by atoms with Crippen molar-refractivity contribution in [3.05, 3.63) is 133 Å². The van der Waals surface area contributed by atoms with Crippen LogP contribution in [0.3, 0.4) is 0 Å². The number of nitrogens with zero attached hydrogens (tertiary/aromatic N) is 5. The van der Waals surface area contributed by atoms with Crippen molar-refractivity contribution in [3.8, 4) is 0 Å². The van der Waals surface area contributed by atoms with Gasteiger partial charge in [-0.1, -0.05) is 78.9 Å². The third-order valence-corrected chi connectivity index (χ3v) is 6.01. The number of aromatic nitrogens is 4. The molecule has 7 rings (SSSR count). The molecule has 1 N–H and O–H groups in total. The molecule has 0 atom stereocenters. The fraction of sp³-hybridized carbons (Fsp3) is 0.0303. The van der Waals surface area contributed by atoms with Crippen LogP contribution >= 0.6 is 0 Å². The monoisotopic (exact) mass is 724 g/mol. The van der Waals surface area contributed by atoms with Gasteiger partial charge in [0.15, 0.2) is 0 Å². The molecule has 0 fully saturated rings. The third kappa shape index (κ3) is 11.3. The number of aliphatic imine (C=N–C) groups is 1. The van der Waals surface area contributed by atoms with Crippen LogP contribution in [0.15, 0.2) is 133 Å². The summed E-state index contributed by atoms with van der Waals surface area (Å²) in [5, 5.41) is 12.8. The molecular formula is C33H25ClN5O6Ru. The van der Waals surface area contributed by atoms with E-state index in [0.29, 0.717) is 6.54 Å². The van der Waals surface area contributed by atoms with Crippen molar-refractivity contribution in [2.75, 3.05) is 0 Å². The number of fused-ring (bicyclic) bond motifs is 6. The minimum atomic E-state index is -4.94. The maximum atomic E-state index is 10.0. The Morgan fingerprint density at radius 2 is 0.913 bits per heavy atom. The molecule has 4 heterocycles. The summed E-state index contributed by atoms with van der Waals surface area (Å²) < 4.78 is 34.0. The fourth-order valence-electron chi connectivity index (χ4n) is 4.17. The van der Waals surface area contributed by atoms with Crippen LogP contribution in [0.5, 0.6) is 0 Å². The quantitative estimate of drug-likeness (QED) is 0.160. The van der Waals surface area contributed by atoms with Gasteiger partial charge in [-0.05, 0) is 29.8 Å². The van der Waals surface area contributed by atoms with E-state index in [4.69, 9.17) is 23.7 Å². The average molecular weight is 724 g/mol. The summed E-state index contributed by atoms with van der Waals surface area (Å²) in [5.41, 5.74) is 4.92. The van der Waals surface area contributed by atoms with Gasteiger partial charge < -0.3 is 5.11 Å². The predicted molar refractivity (Wildman–Crippen MR) is 160 cm³/mol. The molecule has 0 aliphatic rings. The molecule has 11 nitrogen and oxygen atoms in total. The number of hydrogen-bond donors (Lipinski definition) is 1. The van der Waals surface area contributed by atoms with Crippen molar-refractivity contribution >= 4 is 55.8 Å².